The average Bonchev–Trinajstić information content (AvgIpc) is 2.44. The van der Waals surface area contributed by atoms with Crippen molar-refractivity contribution in [2.75, 3.05) is 38.5 Å². The van der Waals surface area contributed by atoms with Gasteiger partial charge in [-0.05, 0) is 65.6 Å². The Hall–Kier alpha value is -0.620. The van der Waals surface area contributed by atoms with Crippen LogP contribution >= 0.6 is 0 Å². The summed E-state index contributed by atoms with van der Waals surface area (Å²) in [6.07, 6.45) is 3.56. The minimum Gasteiger partial charge on any atom is -0.338 e. The average molecular weight is 332 g/mol. The van der Waals surface area contributed by atoms with Crippen molar-refractivity contribution in [2.24, 2.45) is 5.92 Å². The topological polar surface area (TPSA) is 61.4 Å². The summed E-state index contributed by atoms with van der Waals surface area (Å²) in [5.41, 5.74) is 0. The van der Waals surface area contributed by atoms with Crippen LogP contribution in [-0.4, -0.2) is 58.4 Å². The second kappa shape index (κ2) is 9.50. The summed E-state index contributed by atoms with van der Waals surface area (Å²) in [4.78, 5) is 14.1. The predicted molar refractivity (Wildman–Crippen MR) is 93.6 cm³/mol. The molecule has 0 bridgehead atoms. The van der Waals surface area contributed by atoms with Crippen LogP contribution < -0.4 is 10.6 Å². The van der Waals surface area contributed by atoms with Gasteiger partial charge in [0.25, 0.3) is 0 Å². The Morgan fingerprint density at radius 1 is 1.18 bits per heavy atom. The summed E-state index contributed by atoms with van der Waals surface area (Å²) in [6.45, 7) is 12.7. The van der Waals surface area contributed by atoms with Crippen LogP contribution in [0.25, 0.3) is 0 Å². The van der Waals surface area contributed by atoms with Gasteiger partial charge in [-0.25, -0.2) is 4.79 Å². The first-order chi connectivity index (χ1) is 10.3. The molecule has 130 valence electrons. The number of rotatable bonds is 7. The van der Waals surface area contributed by atoms with Gasteiger partial charge in [0.05, 0.1) is 0 Å². The van der Waals surface area contributed by atoms with Crippen molar-refractivity contribution in [1.82, 2.24) is 15.5 Å². The fourth-order valence-electron chi connectivity index (χ4n) is 2.42. The van der Waals surface area contributed by atoms with Crippen molar-refractivity contribution in [1.29, 1.82) is 0 Å². The minimum atomic E-state index is -0.917. The van der Waals surface area contributed by atoms with Gasteiger partial charge in [0.15, 0.2) is 0 Å². The van der Waals surface area contributed by atoms with Crippen LogP contribution in [0.4, 0.5) is 4.79 Å². The summed E-state index contributed by atoms with van der Waals surface area (Å²) in [5, 5.41) is 5.64. The fraction of sp³-hybridized carbons (Fsp3) is 0.938. The Bertz CT molecular complexity index is 361. The molecule has 1 atom stereocenters. The largest absolute Gasteiger partial charge is 0.338 e. The molecule has 0 aliphatic carbocycles. The summed E-state index contributed by atoms with van der Waals surface area (Å²) in [5.74, 6) is 1.36. The molecule has 1 aliphatic heterocycles. The van der Waals surface area contributed by atoms with E-state index in [0.29, 0.717) is 18.8 Å². The minimum absolute atomic E-state index is 0.154. The number of urea groups is 1. The molecule has 1 saturated heterocycles. The highest BCUT2D eigenvalue weighted by Crippen LogP contribution is 2.15. The summed E-state index contributed by atoms with van der Waals surface area (Å²) < 4.78 is 11.6. The van der Waals surface area contributed by atoms with Crippen molar-refractivity contribution >= 4 is 16.8 Å². The molecule has 0 aromatic rings. The Morgan fingerprint density at radius 2 is 1.77 bits per heavy atom. The van der Waals surface area contributed by atoms with E-state index in [1.54, 1.807) is 0 Å². The zero-order chi connectivity index (χ0) is 16.6. The third kappa shape index (κ3) is 8.13. The molecule has 0 aromatic carbocycles. The molecule has 1 aliphatic rings. The summed E-state index contributed by atoms with van der Waals surface area (Å²) in [7, 11) is -0.917. The molecule has 1 rings (SSSR count). The monoisotopic (exact) mass is 331 g/mol. The maximum atomic E-state index is 11.8. The Morgan fingerprint density at radius 3 is 2.36 bits per heavy atom. The zero-order valence-electron chi connectivity index (χ0n) is 14.6. The van der Waals surface area contributed by atoms with E-state index in [9.17, 15) is 9.00 Å². The number of piperidine rings is 1. The van der Waals surface area contributed by atoms with Crippen LogP contribution in [0, 0.1) is 5.92 Å². The molecule has 0 radical (unpaired) electrons. The molecular weight excluding hydrogens is 298 g/mol. The molecule has 2 N–H and O–H groups in total. The molecular formula is C16H33N3O2S. The van der Waals surface area contributed by atoms with Crippen LogP contribution in [0.15, 0.2) is 0 Å². The molecule has 5 nitrogen and oxygen atoms in total. The predicted octanol–water partition coefficient (Wildman–Crippen LogP) is 1.95. The SMILES string of the molecule is CC1CCN(CCCNC(=O)NCCS(=O)C(C)(C)C)CC1. The Kier molecular flexibility index (Phi) is 8.39. The molecule has 0 saturated carbocycles. The number of amides is 2. The van der Waals surface area contributed by atoms with Crippen molar-refractivity contribution < 1.29 is 9.00 Å². The van der Waals surface area contributed by atoms with Gasteiger partial charge in [0, 0.05) is 34.4 Å². The second-order valence-corrected chi connectivity index (χ2v) is 9.55. The zero-order valence-corrected chi connectivity index (χ0v) is 15.4. The number of carbonyl (C=O) groups excluding carboxylic acids is 1. The first kappa shape index (κ1) is 19.4. The number of nitrogens with zero attached hydrogens (tertiary/aromatic N) is 1. The van der Waals surface area contributed by atoms with E-state index in [1.165, 1.54) is 25.9 Å². The van der Waals surface area contributed by atoms with Crippen LogP contribution in [0.3, 0.4) is 0 Å². The molecule has 0 aromatic heterocycles. The van der Waals surface area contributed by atoms with Gasteiger partial charge in [0.1, 0.15) is 0 Å². The number of likely N-dealkylation sites (tertiary alicyclic amines) is 1. The Balaban J connectivity index is 2.01. The van der Waals surface area contributed by atoms with Crippen LogP contribution in [0.5, 0.6) is 0 Å². The summed E-state index contributed by atoms with van der Waals surface area (Å²) in [6, 6.07) is -0.154. The van der Waals surface area contributed by atoms with Gasteiger partial charge in [-0.15, -0.1) is 0 Å². The molecule has 1 unspecified atom stereocenters. The first-order valence-electron chi connectivity index (χ1n) is 8.41. The van der Waals surface area contributed by atoms with E-state index < -0.39 is 10.8 Å². The third-order valence-corrected chi connectivity index (χ3v) is 6.01. The van der Waals surface area contributed by atoms with Gasteiger partial charge < -0.3 is 15.5 Å². The standard InChI is InChI=1S/C16H33N3O2S/c1-14-6-11-19(12-7-14)10-5-8-17-15(20)18-9-13-22(21)16(2,3)4/h14H,5-13H2,1-4H3,(H2,17,18,20). The molecule has 0 spiro atoms. The molecule has 6 heteroatoms. The fourth-order valence-corrected chi connectivity index (χ4v) is 3.32. The molecule has 1 heterocycles. The van der Waals surface area contributed by atoms with E-state index >= 15 is 0 Å². The Labute approximate surface area is 138 Å². The van der Waals surface area contributed by atoms with Gasteiger partial charge in [-0.2, -0.15) is 0 Å². The highest BCUT2D eigenvalue weighted by molar-refractivity contribution is 7.86. The number of nitrogens with one attached hydrogen (secondary N) is 2. The maximum Gasteiger partial charge on any atom is 0.314 e. The van der Waals surface area contributed by atoms with E-state index in [1.807, 2.05) is 20.8 Å². The van der Waals surface area contributed by atoms with Crippen molar-refractivity contribution in [3.8, 4) is 0 Å². The lowest BCUT2D eigenvalue weighted by molar-refractivity contribution is 0.190. The van der Waals surface area contributed by atoms with Crippen molar-refractivity contribution in [2.45, 2.75) is 51.7 Å². The first-order valence-corrected chi connectivity index (χ1v) is 9.73. The molecule has 22 heavy (non-hydrogen) atoms. The number of carbonyl (C=O) groups is 1. The smallest absolute Gasteiger partial charge is 0.314 e. The lowest BCUT2D eigenvalue weighted by Crippen LogP contribution is -2.40. The maximum absolute atomic E-state index is 11.8. The highest BCUT2D eigenvalue weighted by atomic mass is 32.2. The van der Waals surface area contributed by atoms with Crippen LogP contribution in [0.1, 0.15) is 47.0 Å². The van der Waals surface area contributed by atoms with E-state index in [2.05, 4.69) is 22.5 Å². The van der Waals surface area contributed by atoms with Crippen molar-refractivity contribution in [3.05, 3.63) is 0 Å². The lowest BCUT2D eigenvalue weighted by atomic mass is 9.99. The number of hydrogen-bond acceptors (Lipinski definition) is 3. The number of hydrogen-bond donors (Lipinski definition) is 2. The quantitative estimate of drug-likeness (QED) is 0.701. The molecule has 1 fully saturated rings. The lowest BCUT2D eigenvalue weighted by Gasteiger charge is -2.30. The normalized spacial score (nSPS) is 18.9. The highest BCUT2D eigenvalue weighted by Gasteiger charge is 2.19. The summed E-state index contributed by atoms with van der Waals surface area (Å²) >= 11 is 0. The molecule has 2 amide bonds. The van der Waals surface area contributed by atoms with Crippen LogP contribution in [0.2, 0.25) is 0 Å². The van der Waals surface area contributed by atoms with E-state index in [0.717, 1.165) is 18.9 Å². The third-order valence-electron chi connectivity index (χ3n) is 4.07. The van der Waals surface area contributed by atoms with E-state index in [-0.39, 0.29) is 10.8 Å². The van der Waals surface area contributed by atoms with Crippen molar-refractivity contribution in [3.63, 3.8) is 0 Å². The van der Waals surface area contributed by atoms with E-state index in [4.69, 9.17) is 0 Å². The van der Waals surface area contributed by atoms with Crippen LogP contribution in [-0.2, 0) is 10.8 Å². The van der Waals surface area contributed by atoms with Gasteiger partial charge in [0.2, 0.25) is 0 Å². The second-order valence-electron chi connectivity index (χ2n) is 7.22. The van der Waals surface area contributed by atoms with Gasteiger partial charge in [-0.1, -0.05) is 6.92 Å². The van der Waals surface area contributed by atoms with Gasteiger partial charge >= 0.3 is 6.03 Å². The van der Waals surface area contributed by atoms with Gasteiger partial charge in [-0.3, -0.25) is 4.21 Å².